The summed E-state index contributed by atoms with van der Waals surface area (Å²) in [5, 5.41) is 4.07. The number of hydrogen-bond acceptors (Lipinski definition) is 6. The number of nitrogens with zero attached hydrogens (tertiary/aromatic N) is 3. The molecule has 0 aliphatic carbocycles. The summed E-state index contributed by atoms with van der Waals surface area (Å²) in [4.78, 5) is 15.6. The minimum atomic E-state index is -0.233. The number of amides is 1. The summed E-state index contributed by atoms with van der Waals surface area (Å²) in [6.45, 7) is 5.84. The molecule has 0 radical (unpaired) electrons. The Balaban J connectivity index is 1.52. The van der Waals surface area contributed by atoms with Crippen LogP contribution in [0, 0.1) is 0 Å². The Labute approximate surface area is 128 Å². The normalized spacial score (nSPS) is 16.0. The average molecular weight is 305 g/mol. The van der Waals surface area contributed by atoms with Crippen LogP contribution in [0.15, 0.2) is 33.4 Å². The van der Waals surface area contributed by atoms with Crippen LogP contribution in [-0.4, -0.2) is 53.8 Å². The van der Waals surface area contributed by atoms with E-state index in [0.29, 0.717) is 37.8 Å². The number of carbonyl (C=O) groups excluding carboxylic acids is 1. The molecule has 1 aliphatic heterocycles. The van der Waals surface area contributed by atoms with Crippen molar-refractivity contribution in [1.29, 1.82) is 0 Å². The highest BCUT2D eigenvalue weighted by atomic mass is 16.6. The molecule has 1 fully saturated rings. The van der Waals surface area contributed by atoms with Gasteiger partial charge in [-0.05, 0) is 19.1 Å². The number of aromatic nitrogens is 1. The first kappa shape index (κ1) is 14.6. The largest absolute Gasteiger partial charge is 0.461 e. The maximum Gasteiger partial charge on any atom is 0.409 e. The molecule has 1 aliphatic rings. The van der Waals surface area contributed by atoms with E-state index in [1.807, 2.05) is 25.1 Å². The fraction of sp³-hybridized carbons (Fsp3) is 0.467. The lowest BCUT2D eigenvalue weighted by Gasteiger charge is -2.33. The van der Waals surface area contributed by atoms with Gasteiger partial charge in [0.2, 0.25) is 5.76 Å². The maximum absolute atomic E-state index is 11.6. The van der Waals surface area contributed by atoms with Crippen molar-refractivity contribution in [2.45, 2.75) is 13.5 Å². The molecule has 22 heavy (non-hydrogen) atoms. The quantitative estimate of drug-likeness (QED) is 0.862. The Morgan fingerprint density at radius 3 is 2.82 bits per heavy atom. The first-order valence-corrected chi connectivity index (χ1v) is 7.40. The maximum atomic E-state index is 11.6. The first-order chi connectivity index (χ1) is 10.8. The van der Waals surface area contributed by atoms with Crippen molar-refractivity contribution >= 4 is 6.09 Å². The van der Waals surface area contributed by atoms with Gasteiger partial charge < -0.3 is 18.6 Å². The predicted molar refractivity (Wildman–Crippen MR) is 78.1 cm³/mol. The lowest BCUT2D eigenvalue weighted by atomic mass is 10.2. The molecule has 0 N–H and O–H groups in total. The van der Waals surface area contributed by atoms with Crippen LogP contribution >= 0.6 is 0 Å². The molecule has 1 saturated heterocycles. The van der Waals surface area contributed by atoms with Gasteiger partial charge in [-0.3, -0.25) is 4.90 Å². The van der Waals surface area contributed by atoms with Gasteiger partial charge in [-0.15, -0.1) is 0 Å². The molecule has 1 amide bonds. The third kappa shape index (κ3) is 3.30. The summed E-state index contributed by atoms with van der Waals surface area (Å²) in [5.74, 6) is 1.30. The van der Waals surface area contributed by atoms with Gasteiger partial charge in [0, 0.05) is 38.8 Å². The molecule has 2 aromatic rings. The minimum absolute atomic E-state index is 0.233. The fourth-order valence-electron chi connectivity index (χ4n) is 2.45. The van der Waals surface area contributed by atoms with Gasteiger partial charge in [0.1, 0.15) is 0 Å². The number of carbonyl (C=O) groups is 1. The lowest BCUT2D eigenvalue weighted by molar-refractivity contribution is 0.0772. The lowest BCUT2D eigenvalue weighted by Crippen LogP contribution is -2.48. The van der Waals surface area contributed by atoms with Crippen LogP contribution in [0.5, 0.6) is 0 Å². The molecule has 7 heteroatoms. The van der Waals surface area contributed by atoms with Crippen molar-refractivity contribution in [3.05, 3.63) is 30.2 Å². The predicted octanol–water partition coefficient (Wildman–Crippen LogP) is 2.21. The first-order valence-electron chi connectivity index (χ1n) is 7.40. The van der Waals surface area contributed by atoms with Crippen LogP contribution in [0.1, 0.15) is 12.6 Å². The van der Waals surface area contributed by atoms with Gasteiger partial charge in [0.05, 0.1) is 18.6 Å². The van der Waals surface area contributed by atoms with Crippen molar-refractivity contribution in [3.63, 3.8) is 0 Å². The van der Waals surface area contributed by atoms with Crippen LogP contribution in [0.4, 0.5) is 4.79 Å². The van der Waals surface area contributed by atoms with Crippen molar-refractivity contribution in [2.75, 3.05) is 32.8 Å². The second-order valence-electron chi connectivity index (χ2n) is 5.12. The summed E-state index contributed by atoms with van der Waals surface area (Å²) < 4.78 is 15.6. The molecule has 3 heterocycles. The van der Waals surface area contributed by atoms with Gasteiger partial charge in [0.25, 0.3) is 0 Å². The smallest absolute Gasteiger partial charge is 0.409 e. The molecule has 0 bridgehead atoms. The second-order valence-corrected chi connectivity index (χ2v) is 5.12. The Bertz CT molecular complexity index is 600. The van der Waals surface area contributed by atoms with Gasteiger partial charge in [0.15, 0.2) is 5.76 Å². The third-order valence-corrected chi connectivity index (χ3v) is 3.61. The molecule has 3 rings (SSSR count). The van der Waals surface area contributed by atoms with E-state index in [4.69, 9.17) is 13.7 Å². The summed E-state index contributed by atoms with van der Waals surface area (Å²) in [6, 6.07) is 5.53. The number of ether oxygens (including phenoxy) is 1. The van der Waals surface area contributed by atoms with Crippen molar-refractivity contribution in [3.8, 4) is 11.5 Å². The molecule has 2 aromatic heterocycles. The van der Waals surface area contributed by atoms with Gasteiger partial charge >= 0.3 is 6.09 Å². The van der Waals surface area contributed by atoms with E-state index < -0.39 is 0 Å². The zero-order valence-corrected chi connectivity index (χ0v) is 12.5. The summed E-state index contributed by atoms with van der Waals surface area (Å²) in [6.07, 6.45) is 1.37. The van der Waals surface area contributed by atoms with Gasteiger partial charge in [-0.25, -0.2) is 4.79 Å². The molecule has 7 nitrogen and oxygen atoms in total. The van der Waals surface area contributed by atoms with Crippen LogP contribution in [0.25, 0.3) is 11.5 Å². The zero-order valence-electron chi connectivity index (χ0n) is 12.5. The second kappa shape index (κ2) is 6.65. The SMILES string of the molecule is CCOC(=O)N1CCN(Cc2cc(-c3ccco3)on2)CC1. The molecule has 0 saturated carbocycles. The number of piperazine rings is 1. The van der Waals surface area contributed by atoms with Crippen LogP contribution in [-0.2, 0) is 11.3 Å². The molecule has 0 unspecified atom stereocenters. The summed E-state index contributed by atoms with van der Waals surface area (Å²) >= 11 is 0. The third-order valence-electron chi connectivity index (χ3n) is 3.61. The number of rotatable bonds is 4. The van der Waals surface area contributed by atoms with Gasteiger partial charge in [-0.2, -0.15) is 0 Å². The Morgan fingerprint density at radius 2 is 2.14 bits per heavy atom. The minimum Gasteiger partial charge on any atom is -0.461 e. The van der Waals surface area contributed by atoms with Crippen LogP contribution in [0.3, 0.4) is 0 Å². The zero-order chi connectivity index (χ0) is 15.4. The topological polar surface area (TPSA) is 72.0 Å². The number of furan rings is 1. The highest BCUT2D eigenvalue weighted by molar-refractivity contribution is 5.67. The highest BCUT2D eigenvalue weighted by Crippen LogP contribution is 2.21. The van der Waals surface area contributed by atoms with Crippen LogP contribution < -0.4 is 0 Å². The molecular weight excluding hydrogens is 286 g/mol. The van der Waals surface area contributed by atoms with Crippen molar-refractivity contribution in [1.82, 2.24) is 15.0 Å². The molecule has 118 valence electrons. The molecular formula is C15H19N3O4. The summed E-state index contributed by atoms with van der Waals surface area (Å²) in [5.41, 5.74) is 0.857. The van der Waals surface area contributed by atoms with E-state index in [0.717, 1.165) is 18.8 Å². The standard InChI is InChI=1S/C15H19N3O4/c1-2-20-15(19)18-7-5-17(6-8-18)11-12-10-14(22-16-12)13-4-3-9-21-13/h3-4,9-10H,2,5-8,11H2,1H3. The highest BCUT2D eigenvalue weighted by Gasteiger charge is 2.22. The molecule has 0 atom stereocenters. The van der Waals surface area contributed by atoms with Crippen molar-refractivity contribution in [2.24, 2.45) is 0 Å². The monoisotopic (exact) mass is 305 g/mol. The van der Waals surface area contributed by atoms with E-state index in [2.05, 4.69) is 10.1 Å². The summed E-state index contributed by atoms with van der Waals surface area (Å²) in [7, 11) is 0. The van der Waals surface area contributed by atoms with Crippen LogP contribution in [0.2, 0.25) is 0 Å². The van der Waals surface area contributed by atoms with E-state index in [-0.39, 0.29) is 6.09 Å². The van der Waals surface area contributed by atoms with E-state index in [1.165, 1.54) is 0 Å². The van der Waals surface area contributed by atoms with Gasteiger partial charge in [-0.1, -0.05) is 5.16 Å². The number of hydrogen-bond donors (Lipinski definition) is 0. The fourth-order valence-corrected chi connectivity index (χ4v) is 2.45. The van der Waals surface area contributed by atoms with Crippen molar-refractivity contribution < 1.29 is 18.5 Å². The van der Waals surface area contributed by atoms with E-state index in [9.17, 15) is 4.79 Å². The Morgan fingerprint density at radius 1 is 1.32 bits per heavy atom. The average Bonchev–Trinajstić information content (AvgIpc) is 3.19. The molecule has 0 spiro atoms. The molecule has 0 aromatic carbocycles. The van der Waals surface area contributed by atoms with E-state index >= 15 is 0 Å². The van der Waals surface area contributed by atoms with E-state index in [1.54, 1.807) is 11.2 Å². The Hall–Kier alpha value is -2.28. The Kier molecular flexibility index (Phi) is 4.43.